The summed E-state index contributed by atoms with van der Waals surface area (Å²) in [5.74, 6) is 0.539. The van der Waals surface area contributed by atoms with E-state index in [9.17, 15) is 4.79 Å². The quantitative estimate of drug-likeness (QED) is 0.301. The zero-order valence-corrected chi connectivity index (χ0v) is 24.8. The van der Waals surface area contributed by atoms with Crippen LogP contribution in [0.1, 0.15) is 50.3 Å². The molecular weight excluding hydrogens is 664 g/mol. The first-order chi connectivity index (χ1) is 16.6. The molecule has 2 N–H and O–H groups in total. The van der Waals surface area contributed by atoms with Crippen molar-refractivity contribution in [3.8, 4) is 11.3 Å². The van der Waals surface area contributed by atoms with Crippen molar-refractivity contribution >= 4 is 17.7 Å². The SMILES string of the molecule is C[CH-]C.Cn1cc(Nc2nccc(-c3ccc4c(c3)CCCC[C@@H]4NC(=O)N3C[CH-]C3)n2)cn1.[U+2]. The second kappa shape index (κ2) is 13.1. The van der Waals surface area contributed by atoms with E-state index in [4.69, 9.17) is 4.98 Å². The number of aromatic nitrogens is 4. The minimum absolute atomic E-state index is 0. The fourth-order valence-corrected chi connectivity index (χ4v) is 4.15. The first-order valence-electron chi connectivity index (χ1n) is 11.9. The minimum atomic E-state index is 0. The van der Waals surface area contributed by atoms with Crippen LogP contribution in [0, 0.1) is 44.0 Å². The normalized spacial score (nSPS) is 16.4. The molecule has 0 unspecified atom stereocenters. The zero-order chi connectivity index (χ0) is 23.9. The fraction of sp³-hybridized carbons (Fsp3) is 0.385. The van der Waals surface area contributed by atoms with Crippen molar-refractivity contribution in [2.24, 2.45) is 7.05 Å². The second-order valence-corrected chi connectivity index (χ2v) is 8.73. The van der Waals surface area contributed by atoms with Crippen molar-refractivity contribution in [2.45, 2.75) is 45.6 Å². The van der Waals surface area contributed by atoms with Crippen LogP contribution in [0.4, 0.5) is 16.4 Å². The van der Waals surface area contributed by atoms with Gasteiger partial charge in [-0.05, 0) is 42.5 Å². The molecule has 1 aliphatic carbocycles. The summed E-state index contributed by atoms with van der Waals surface area (Å²) in [4.78, 5) is 23.3. The van der Waals surface area contributed by atoms with Gasteiger partial charge in [0.25, 0.3) is 0 Å². The minimum Gasteiger partial charge on any atom is -0.384 e. The van der Waals surface area contributed by atoms with Crippen molar-refractivity contribution in [1.29, 1.82) is 0 Å². The van der Waals surface area contributed by atoms with Gasteiger partial charge in [-0.1, -0.05) is 18.6 Å². The summed E-state index contributed by atoms with van der Waals surface area (Å²) in [6, 6.07) is 8.48. The number of likely N-dealkylation sites (tertiary alicyclic amines) is 1. The Balaban J connectivity index is 0.000000815. The molecule has 3 aromatic rings. The van der Waals surface area contributed by atoms with E-state index in [0.29, 0.717) is 5.95 Å². The Hall–Kier alpha value is -2.37. The van der Waals surface area contributed by atoms with Crippen LogP contribution in [0.15, 0.2) is 42.9 Å². The monoisotopic (exact) mass is 697 g/mol. The van der Waals surface area contributed by atoms with Gasteiger partial charge in [0.2, 0.25) is 5.95 Å². The van der Waals surface area contributed by atoms with Crippen LogP contribution in [0.3, 0.4) is 0 Å². The molecule has 1 atom stereocenters. The van der Waals surface area contributed by atoms with Gasteiger partial charge in [0.15, 0.2) is 0 Å². The number of nitrogens with zero attached hydrogens (tertiary/aromatic N) is 5. The summed E-state index contributed by atoms with van der Waals surface area (Å²) >= 11 is 0. The predicted octanol–water partition coefficient (Wildman–Crippen LogP) is 4.85. The number of carbonyl (C=O) groups is 1. The zero-order valence-electron chi connectivity index (χ0n) is 20.7. The average molecular weight is 698 g/mol. The van der Waals surface area contributed by atoms with Crippen LogP contribution in [0.25, 0.3) is 11.3 Å². The first kappa shape index (κ1) is 27.2. The van der Waals surface area contributed by atoms with Crippen LogP contribution >= 0.6 is 0 Å². The summed E-state index contributed by atoms with van der Waals surface area (Å²) in [5.41, 5.74) is 5.28. The molecule has 2 aromatic heterocycles. The van der Waals surface area contributed by atoms with E-state index < -0.39 is 0 Å². The first-order valence-corrected chi connectivity index (χ1v) is 11.9. The molecule has 0 radical (unpaired) electrons. The Morgan fingerprint density at radius 3 is 2.69 bits per heavy atom. The van der Waals surface area contributed by atoms with Gasteiger partial charge in [-0.3, -0.25) is 11.1 Å². The van der Waals surface area contributed by atoms with Gasteiger partial charge in [0, 0.05) is 25.0 Å². The molecule has 0 spiro atoms. The van der Waals surface area contributed by atoms with Crippen LogP contribution in [0.2, 0.25) is 0 Å². The average Bonchev–Trinajstić information content (AvgIpc) is 3.08. The molecule has 2 amide bonds. The molecular formula is C26H33N7OU. The Labute approximate surface area is 231 Å². The number of hydrogen-bond donors (Lipinski definition) is 2. The number of rotatable bonds is 4. The van der Waals surface area contributed by atoms with E-state index in [0.717, 1.165) is 55.7 Å². The van der Waals surface area contributed by atoms with Crippen LogP contribution in [0.5, 0.6) is 0 Å². The summed E-state index contributed by atoms with van der Waals surface area (Å²) in [6.07, 6.45) is 13.7. The topological polar surface area (TPSA) is 88.0 Å². The van der Waals surface area contributed by atoms with Crippen LogP contribution < -0.4 is 10.6 Å². The number of urea groups is 1. The number of amides is 2. The molecule has 1 saturated heterocycles. The number of anilines is 2. The summed E-state index contributed by atoms with van der Waals surface area (Å²) in [5, 5.41) is 10.6. The van der Waals surface area contributed by atoms with Gasteiger partial charge in [0.05, 0.1) is 23.6 Å². The molecule has 0 bridgehead atoms. The Kier molecular flexibility index (Phi) is 10.2. The van der Waals surface area contributed by atoms with E-state index in [-0.39, 0.29) is 43.2 Å². The Bertz CT molecular complexity index is 1110. The molecule has 35 heavy (non-hydrogen) atoms. The van der Waals surface area contributed by atoms with Crippen molar-refractivity contribution < 1.29 is 35.9 Å². The van der Waals surface area contributed by atoms with E-state index in [2.05, 4.69) is 45.3 Å². The number of aryl methyl sites for hydroxylation is 2. The number of benzene rings is 1. The number of fused-ring (bicyclic) bond motifs is 1. The summed E-state index contributed by atoms with van der Waals surface area (Å²) in [6.45, 7) is 5.49. The van der Waals surface area contributed by atoms with Gasteiger partial charge in [0.1, 0.15) is 0 Å². The number of nitrogens with one attached hydrogen (secondary N) is 2. The summed E-state index contributed by atoms with van der Waals surface area (Å²) in [7, 11) is 1.87. The molecule has 8 nitrogen and oxygen atoms in total. The van der Waals surface area contributed by atoms with E-state index in [1.54, 1.807) is 17.1 Å². The van der Waals surface area contributed by atoms with Crippen molar-refractivity contribution in [1.82, 2.24) is 30.0 Å². The largest absolute Gasteiger partial charge is 2.00 e. The fourth-order valence-electron chi connectivity index (χ4n) is 4.15. The smallest absolute Gasteiger partial charge is 0.384 e. The van der Waals surface area contributed by atoms with Crippen molar-refractivity contribution in [3.63, 3.8) is 0 Å². The molecule has 5 rings (SSSR count). The van der Waals surface area contributed by atoms with Crippen LogP contribution in [-0.4, -0.2) is 43.8 Å². The van der Waals surface area contributed by atoms with Gasteiger partial charge in [-0.2, -0.15) is 18.9 Å². The molecule has 1 aliphatic heterocycles. The van der Waals surface area contributed by atoms with Crippen molar-refractivity contribution in [2.75, 3.05) is 18.4 Å². The molecule has 1 fully saturated rings. The van der Waals surface area contributed by atoms with Crippen LogP contribution in [-0.2, 0) is 13.5 Å². The standard InChI is InChI=1S/C23H26N7O.C3H7.U/c1-29-15-18(14-25-29)26-22-24-10-9-20(27-22)17-7-8-19-16(13-17)5-2-3-6-21(19)28-23(31)30-11-4-12-30;1-3-2;/h4,7-10,13-15,21H,2-3,5-6,11-12H2,1H3,(H,28,31)(H,24,26,27);3H,1-2H3;/q2*-1;+2/t21-;;/m0../s1. The second-order valence-electron chi connectivity index (χ2n) is 8.73. The number of hydrogen-bond acceptors (Lipinski definition) is 5. The Morgan fingerprint density at radius 1 is 1.20 bits per heavy atom. The van der Waals surface area contributed by atoms with Gasteiger partial charge in [-0.25, -0.2) is 14.8 Å². The van der Waals surface area contributed by atoms with E-state index in [1.807, 2.05) is 44.5 Å². The Morgan fingerprint density at radius 2 is 2.00 bits per heavy atom. The molecule has 2 aliphatic rings. The molecule has 1 aromatic carbocycles. The molecule has 0 saturated carbocycles. The van der Waals surface area contributed by atoms with E-state index >= 15 is 0 Å². The van der Waals surface area contributed by atoms with Crippen molar-refractivity contribution in [3.05, 3.63) is 66.8 Å². The third-order valence-electron chi connectivity index (χ3n) is 5.90. The third-order valence-corrected chi connectivity index (χ3v) is 5.90. The van der Waals surface area contributed by atoms with Gasteiger partial charge in [-0.15, -0.1) is 13.1 Å². The van der Waals surface area contributed by atoms with E-state index in [1.165, 1.54) is 11.1 Å². The predicted molar refractivity (Wildman–Crippen MR) is 134 cm³/mol. The number of carbonyl (C=O) groups excluding carboxylic acids is 1. The third kappa shape index (κ3) is 7.08. The molecule has 3 heterocycles. The molecule has 182 valence electrons. The maximum Gasteiger partial charge on any atom is 2.00 e. The van der Waals surface area contributed by atoms with Gasteiger partial charge >= 0.3 is 37.1 Å². The summed E-state index contributed by atoms with van der Waals surface area (Å²) < 4.78 is 1.73. The maximum absolute atomic E-state index is 12.5. The maximum atomic E-state index is 12.5. The molecule has 9 heteroatoms. The van der Waals surface area contributed by atoms with Gasteiger partial charge < -0.3 is 22.0 Å².